The summed E-state index contributed by atoms with van der Waals surface area (Å²) in [4.78, 5) is 6.45. The van der Waals surface area contributed by atoms with Gasteiger partial charge >= 0.3 is 0 Å². The summed E-state index contributed by atoms with van der Waals surface area (Å²) in [6.07, 6.45) is 1.82. The van der Waals surface area contributed by atoms with Crippen LogP contribution >= 0.6 is 0 Å². The van der Waals surface area contributed by atoms with E-state index in [1.807, 2.05) is 24.4 Å². The van der Waals surface area contributed by atoms with Gasteiger partial charge in [0.25, 0.3) is 0 Å². The number of pyridine rings is 1. The number of nitrogens with zero attached hydrogens (tertiary/aromatic N) is 2. The Morgan fingerprint density at radius 1 is 1.54 bits per heavy atom. The Kier molecular flexibility index (Phi) is 3.86. The normalized spacial score (nSPS) is 13.2. The summed E-state index contributed by atoms with van der Waals surface area (Å²) in [7, 11) is 2.06. The summed E-state index contributed by atoms with van der Waals surface area (Å²) >= 11 is 0. The zero-order chi connectivity index (χ0) is 9.68. The van der Waals surface area contributed by atoms with Gasteiger partial charge in [0.2, 0.25) is 0 Å². The lowest BCUT2D eigenvalue weighted by molar-refractivity contribution is 0.252. The molecule has 0 aliphatic carbocycles. The molecule has 72 valence electrons. The van der Waals surface area contributed by atoms with Crippen molar-refractivity contribution in [2.45, 2.75) is 19.5 Å². The Morgan fingerprint density at radius 2 is 2.31 bits per heavy atom. The molecule has 0 fully saturated rings. The molecule has 3 nitrogen and oxygen atoms in total. The van der Waals surface area contributed by atoms with Crippen molar-refractivity contribution < 1.29 is 0 Å². The van der Waals surface area contributed by atoms with E-state index in [4.69, 9.17) is 5.73 Å². The van der Waals surface area contributed by atoms with Gasteiger partial charge < -0.3 is 5.73 Å². The van der Waals surface area contributed by atoms with E-state index in [2.05, 4.69) is 23.9 Å². The summed E-state index contributed by atoms with van der Waals surface area (Å²) < 4.78 is 0. The molecule has 0 saturated heterocycles. The van der Waals surface area contributed by atoms with E-state index in [0.717, 1.165) is 12.2 Å². The molecule has 0 bridgehead atoms. The predicted octanol–water partition coefficient (Wildman–Crippen LogP) is 0.861. The Morgan fingerprint density at radius 3 is 2.85 bits per heavy atom. The second-order valence-electron chi connectivity index (χ2n) is 3.32. The summed E-state index contributed by atoms with van der Waals surface area (Å²) in [5, 5.41) is 0. The van der Waals surface area contributed by atoms with Gasteiger partial charge in [-0.15, -0.1) is 0 Å². The van der Waals surface area contributed by atoms with Gasteiger partial charge in [-0.25, -0.2) is 0 Å². The zero-order valence-electron chi connectivity index (χ0n) is 8.27. The highest BCUT2D eigenvalue weighted by molar-refractivity contribution is 5.03. The van der Waals surface area contributed by atoms with Gasteiger partial charge in [0, 0.05) is 25.3 Å². The molecule has 0 radical (unpaired) electrons. The second-order valence-corrected chi connectivity index (χ2v) is 3.32. The van der Waals surface area contributed by atoms with Crippen LogP contribution in [0.4, 0.5) is 0 Å². The second kappa shape index (κ2) is 4.94. The quantitative estimate of drug-likeness (QED) is 0.745. The van der Waals surface area contributed by atoms with Crippen LogP contribution in [0.25, 0.3) is 0 Å². The maximum absolute atomic E-state index is 5.56. The average molecular weight is 179 g/mol. The van der Waals surface area contributed by atoms with E-state index in [1.54, 1.807) is 0 Å². The van der Waals surface area contributed by atoms with Crippen molar-refractivity contribution in [3.63, 3.8) is 0 Å². The maximum atomic E-state index is 5.56. The van der Waals surface area contributed by atoms with Crippen LogP contribution in [0.2, 0.25) is 0 Å². The van der Waals surface area contributed by atoms with Crippen molar-refractivity contribution in [2.24, 2.45) is 5.73 Å². The van der Waals surface area contributed by atoms with E-state index < -0.39 is 0 Å². The van der Waals surface area contributed by atoms with E-state index in [0.29, 0.717) is 12.6 Å². The third-order valence-electron chi connectivity index (χ3n) is 2.23. The first-order valence-corrected chi connectivity index (χ1v) is 4.54. The first-order chi connectivity index (χ1) is 6.24. The maximum Gasteiger partial charge on any atom is 0.0543 e. The topological polar surface area (TPSA) is 42.1 Å². The molecule has 0 aliphatic rings. The molecule has 0 saturated carbocycles. The molecule has 1 rings (SSSR count). The highest BCUT2D eigenvalue weighted by Gasteiger charge is 2.07. The van der Waals surface area contributed by atoms with Gasteiger partial charge in [0.1, 0.15) is 0 Å². The number of rotatable bonds is 4. The average Bonchev–Trinajstić information content (AvgIpc) is 2.18. The van der Waals surface area contributed by atoms with Gasteiger partial charge in [-0.1, -0.05) is 6.07 Å². The van der Waals surface area contributed by atoms with Gasteiger partial charge in [-0.05, 0) is 26.1 Å². The van der Waals surface area contributed by atoms with Gasteiger partial charge in [-0.2, -0.15) is 0 Å². The van der Waals surface area contributed by atoms with E-state index in [1.165, 1.54) is 0 Å². The molecule has 3 heteroatoms. The minimum Gasteiger partial charge on any atom is -0.329 e. The molecular formula is C10H17N3. The first kappa shape index (κ1) is 10.2. The molecule has 1 aromatic rings. The van der Waals surface area contributed by atoms with Crippen LogP contribution in [0.1, 0.15) is 12.6 Å². The van der Waals surface area contributed by atoms with Crippen LogP contribution in [0.5, 0.6) is 0 Å². The lowest BCUT2D eigenvalue weighted by atomic mass is 10.2. The molecule has 1 heterocycles. The van der Waals surface area contributed by atoms with Gasteiger partial charge in [0.05, 0.1) is 5.69 Å². The van der Waals surface area contributed by atoms with Crippen molar-refractivity contribution in [1.82, 2.24) is 9.88 Å². The minimum atomic E-state index is 0.405. The number of aromatic nitrogens is 1. The standard InChI is InChI=1S/C10H17N3/c1-9(7-11)13(2)8-10-5-3-4-6-12-10/h3-6,9H,7-8,11H2,1-2H3. The van der Waals surface area contributed by atoms with E-state index in [9.17, 15) is 0 Å². The van der Waals surface area contributed by atoms with Crippen LogP contribution < -0.4 is 5.73 Å². The van der Waals surface area contributed by atoms with E-state index in [-0.39, 0.29) is 0 Å². The van der Waals surface area contributed by atoms with Crippen molar-refractivity contribution in [3.8, 4) is 0 Å². The number of hydrogen-bond donors (Lipinski definition) is 1. The summed E-state index contributed by atoms with van der Waals surface area (Å²) in [6.45, 7) is 3.66. The summed E-state index contributed by atoms with van der Waals surface area (Å²) in [5.74, 6) is 0. The number of likely N-dealkylation sites (N-methyl/N-ethyl adjacent to an activating group) is 1. The summed E-state index contributed by atoms with van der Waals surface area (Å²) in [6, 6.07) is 6.36. The van der Waals surface area contributed by atoms with Crippen LogP contribution in [0.3, 0.4) is 0 Å². The molecule has 2 N–H and O–H groups in total. The van der Waals surface area contributed by atoms with E-state index >= 15 is 0 Å². The third-order valence-corrected chi connectivity index (χ3v) is 2.23. The molecule has 0 aliphatic heterocycles. The molecule has 13 heavy (non-hydrogen) atoms. The van der Waals surface area contributed by atoms with Gasteiger partial charge in [0.15, 0.2) is 0 Å². The SMILES string of the molecule is CC(CN)N(C)Cc1ccccn1. The fraction of sp³-hybridized carbons (Fsp3) is 0.500. The van der Waals surface area contributed by atoms with Crippen LogP contribution in [0, 0.1) is 0 Å². The molecule has 1 atom stereocenters. The van der Waals surface area contributed by atoms with Crippen LogP contribution in [0.15, 0.2) is 24.4 Å². The third kappa shape index (κ3) is 3.13. The van der Waals surface area contributed by atoms with Crippen LogP contribution in [-0.4, -0.2) is 29.5 Å². The largest absolute Gasteiger partial charge is 0.329 e. The molecule has 0 spiro atoms. The Balaban J connectivity index is 2.50. The zero-order valence-corrected chi connectivity index (χ0v) is 8.27. The van der Waals surface area contributed by atoms with Gasteiger partial charge in [-0.3, -0.25) is 9.88 Å². The van der Waals surface area contributed by atoms with Crippen molar-refractivity contribution in [2.75, 3.05) is 13.6 Å². The Bertz CT molecular complexity index is 235. The van der Waals surface area contributed by atoms with Crippen molar-refractivity contribution >= 4 is 0 Å². The monoisotopic (exact) mass is 179 g/mol. The lowest BCUT2D eigenvalue weighted by Crippen LogP contribution is -2.34. The predicted molar refractivity (Wildman–Crippen MR) is 54.2 cm³/mol. The van der Waals surface area contributed by atoms with Crippen molar-refractivity contribution in [3.05, 3.63) is 30.1 Å². The molecule has 0 aromatic carbocycles. The van der Waals surface area contributed by atoms with Crippen LogP contribution in [-0.2, 0) is 6.54 Å². The lowest BCUT2D eigenvalue weighted by Gasteiger charge is -2.22. The molecule has 1 unspecified atom stereocenters. The smallest absolute Gasteiger partial charge is 0.0543 e. The Hall–Kier alpha value is -0.930. The number of nitrogens with two attached hydrogens (primary N) is 1. The summed E-state index contributed by atoms with van der Waals surface area (Å²) in [5.41, 5.74) is 6.65. The van der Waals surface area contributed by atoms with Crippen molar-refractivity contribution in [1.29, 1.82) is 0 Å². The molecular weight excluding hydrogens is 162 g/mol. The number of hydrogen-bond acceptors (Lipinski definition) is 3. The fourth-order valence-electron chi connectivity index (χ4n) is 1.08. The highest BCUT2D eigenvalue weighted by atomic mass is 15.1. The fourth-order valence-corrected chi connectivity index (χ4v) is 1.08. The molecule has 0 amide bonds. The molecule has 1 aromatic heterocycles. The minimum absolute atomic E-state index is 0.405. The highest BCUT2D eigenvalue weighted by Crippen LogP contribution is 2.01. The first-order valence-electron chi connectivity index (χ1n) is 4.54. The Labute approximate surface area is 79.6 Å².